The van der Waals surface area contributed by atoms with Crippen molar-refractivity contribution in [2.45, 2.75) is 72.6 Å². The maximum absolute atomic E-state index is 11.1. The van der Waals surface area contributed by atoms with Crippen LogP contribution in [0.15, 0.2) is 23.4 Å². The zero-order valence-electron chi connectivity index (χ0n) is 18.1. The largest absolute Gasteiger partial charge is 0.304 e. The van der Waals surface area contributed by atoms with Crippen molar-refractivity contribution in [1.29, 1.82) is 0 Å². The molecule has 4 aliphatic rings. The standard InChI is InChI=1S/C23H37NO3S/c1-21(2)10-5-11-23(4)19(21)8-12-22(3)18-9-13-24(14-15-28(25,26)27)16-17(18)6-7-20(22)23/h9,16,19-20H,5-8,10-15H2,1-4H3,(H,25,26,27)/p+1/t19?,20?,22-,23-/m0/s1. The van der Waals surface area contributed by atoms with E-state index in [1.54, 1.807) is 5.57 Å². The molecule has 4 rings (SSSR count). The van der Waals surface area contributed by atoms with Crippen LogP contribution in [0.3, 0.4) is 0 Å². The van der Waals surface area contributed by atoms with E-state index >= 15 is 0 Å². The van der Waals surface area contributed by atoms with Crippen LogP contribution >= 0.6 is 0 Å². The second-order valence-electron chi connectivity index (χ2n) is 11.1. The lowest BCUT2D eigenvalue weighted by molar-refractivity contribution is -0.839. The number of quaternary nitrogens is 1. The lowest BCUT2D eigenvalue weighted by Gasteiger charge is -2.64. The second kappa shape index (κ2) is 6.68. The van der Waals surface area contributed by atoms with Gasteiger partial charge in [0.25, 0.3) is 10.1 Å². The molecule has 0 aromatic heterocycles. The molecule has 5 heteroatoms. The molecule has 1 aliphatic heterocycles. The highest BCUT2D eigenvalue weighted by Gasteiger charge is 2.60. The van der Waals surface area contributed by atoms with Gasteiger partial charge in [0, 0.05) is 5.57 Å². The third-order valence-electron chi connectivity index (χ3n) is 9.08. The van der Waals surface area contributed by atoms with Crippen LogP contribution in [0.1, 0.15) is 72.6 Å². The van der Waals surface area contributed by atoms with E-state index in [1.165, 1.54) is 44.1 Å². The van der Waals surface area contributed by atoms with Gasteiger partial charge < -0.3 is 4.90 Å². The Balaban J connectivity index is 1.59. The Kier molecular flexibility index (Phi) is 4.92. The molecule has 2 N–H and O–H groups in total. The Hall–Kier alpha value is -0.650. The summed E-state index contributed by atoms with van der Waals surface area (Å²) in [5.74, 6) is 1.42. The van der Waals surface area contributed by atoms with Gasteiger partial charge >= 0.3 is 0 Å². The highest BCUT2D eigenvalue weighted by atomic mass is 32.2. The van der Waals surface area contributed by atoms with Gasteiger partial charge in [0.2, 0.25) is 0 Å². The summed E-state index contributed by atoms with van der Waals surface area (Å²) < 4.78 is 31.3. The van der Waals surface area contributed by atoms with Gasteiger partial charge in [-0.3, -0.25) is 4.55 Å². The van der Waals surface area contributed by atoms with Gasteiger partial charge in [-0.2, -0.15) is 8.42 Å². The van der Waals surface area contributed by atoms with Gasteiger partial charge in [0.05, 0.1) is 12.7 Å². The molecule has 3 saturated carbocycles. The van der Waals surface area contributed by atoms with Gasteiger partial charge in [-0.15, -0.1) is 0 Å². The minimum absolute atomic E-state index is 0.163. The monoisotopic (exact) mass is 408 g/mol. The highest BCUT2D eigenvalue weighted by molar-refractivity contribution is 7.85. The maximum atomic E-state index is 11.1. The van der Waals surface area contributed by atoms with E-state index in [-0.39, 0.29) is 11.2 Å². The molecule has 158 valence electrons. The van der Waals surface area contributed by atoms with Crippen molar-refractivity contribution < 1.29 is 17.9 Å². The van der Waals surface area contributed by atoms with Crippen molar-refractivity contribution in [2.75, 3.05) is 18.8 Å². The predicted octanol–water partition coefficient (Wildman–Crippen LogP) is 3.63. The van der Waals surface area contributed by atoms with Gasteiger partial charge in [0.1, 0.15) is 12.3 Å². The molecule has 4 nitrogen and oxygen atoms in total. The predicted molar refractivity (Wildman–Crippen MR) is 113 cm³/mol. The minimum atomic E-state index is -3.89. The summed E-state index contributed by atoms with van der Waals surface area (Å²) in [6, 6.07) is 0. The van der Waals surface area contributed by atoms with Crippen molar-refractivity contribution in [3.05, 3.63) is 23.4 Å². The number of nitrogens with one attached hydrogen (secondary N) is 1. The van der Waals surface area contributed by atoms with Crippen molar-refractivity contribution in [3.8, 4) is 0 Å². The average Bonchev–Trinajstić information content (AvgIpc) is 2.58. The first-order chi connectivity index (χ1) is 13.0. The van der Waals surface area contributed by atoms with Crippen molar-refractivity contribution in [3.63, 3.8) is 0 Å². The number of allylic oxidation sites excluding steroid dienone is 2. The molecule has 1 heterocycles. The van der Waals surface area contributed by atoms with Crippen LogP contribution in [0.2, 0.25) is 0 Å². The van der Waals surface area contributed by atoms with Crippen molar-refractivity contribution in [2.24, 2.45) is 28.1 Å². The molecule has 3 aliphatic carbocycles. The van der Waals surface area contributed by atoms with E-state index in [2.05, 4.69) is 40.0 Å². The number of hydrogen-bond acceptors (Lipinski definition) is 2. The summed E-state index contributed by atoms with van der Waals surface area (Å²) >= 11 is 0. The summed E-state index contributed by atoms with van der Waals surface area (Å²) in [5, 5.41) is 0. The summed E-state index contributed by atoms with van der Waals surface area (Å²) in [6.45, 7) is 11.4. The third kappa shape index (κ3) is 3.31. The molecule has 0 aromatic rings. The van der Waals surface area contributed by atoms with Crippen LogP contribution in [-0.4, -0.2) is 31.8 Å². The molecule has 0 amide bonds. The molecule has 0 radical (unpaired) electrons. The second-order valence-corrected chi connectivity index (χ2v) is 12.7. The summed E-state index contributed by atoms with van der Waals surface area (Å²) in [4.78, 5) is 1.15. The van der Waals surface area contributed by atoms with E-state index < -0.39 is 10.1 Å². The quantitative estimate of drug-likeness (QED) is 0.701. The molecule has 5 atom stereocenters. The van der Waals surface area contributed by atoms with Crippen LogP contribution in [0, 0.1) is 28.1 Å². The molecular weight excluding hydrogens is 370 g/mol. The molecule has 3 unspecified atom stereocenters. The van der Waals surface area contributed by atoms with E-state index in [9.17, 15) is 8.42 Å². The summed E-state index contributed by atoms with van der Waals surface area (Å²) in [5.41, 5.74) is 4.16. The van der Waals surface area contributed by atoms with Crippen LogP contribution in [0.4, 0.5) is 0 Å². The molecular formula is C23H38NO3S+. The van der Waals surface area contributed by atoms with Crippen molar-refractivity contribution in [1.82, 2.24) is 0 Å². The van der Waals surface area contributed by atoms with Crippen LogP contribution in [0.25, 0.3) is 0 Å². The van der Waals surface area contributed by atoms with Gasteiger partial charge in [0.15, 0.2) is 0 Å². The Labute approximate surface area is 171 Å². The first kappa shape index (κ1) is 20.6. The van der Waals surface area contributed by atoms with Crippen molar-refractivity contribution >= 4 is 10.1 Å². The fourth-order valence-corrected chi connectivity index (χ4v) is 8.43. The molecule has 3 fully saturated rings. The fraction of sp³-hybridized carbons (Fsp3) is 0.826. The average molecular weight is 409 g/mol. The van der Waals surface area contributed by atoms with E-state index in [1.807, 2.05) is 0 Å². The van der Waals surface area contributed by atoms with Gasteiger partial charge in [-0.05, 0) is 78.3 Å². The SMILES string of the molecule is CC1(C)CCC[C@@]2(C)C1CC[C@@]1(C)C3=CC[NH+](CCS(=O)(=O)O)C=C3CCC21. The molecule has 0 aromatic carbocycles. The first-order valence-corrected chi connectivity index (χ1v) is 12.8. The number of fused-ring (bicyclic) bond motifs is 5. The first-order valence-electron chi connectivity index (χ1n) is 11.2. The Bertz CT molecular complexity index is 812. The summed E-state index contributed by atoms with van der Waals surface area (Å²) in [7, 11) is -3.89. The topological polar surface area (TPSA) is 58.8 Å². The number of hydrogen-bond donors (Lipinski definition) is 2. The summed E-state index contributed by atoms with van der Waals surface area (Å²) in [6.07, 6.45) is 13.8. The third-order valence-corrected chi connectivity index (χ3v) is 9.80. The van der Waals surface area contributed by atoms with E-state index in [0.717, 1.165) is 29.7 Å². The minimum Gasteiger partial charge on any atom is -0.304 e. The smallest absolute Gasteiger partial charge is 0.270 e. The highest BCUT2D eigenvalue weighted by Crippen LogP contribution is 2.68. The van der Waals surface area contributed by atoms with Crippen LogP contribution in [0.5, 0.6) is 0 Å². The normalized spacial score (nSPS) is 42.5. The molecule has 0 spiro atoms. The molecule has 0 bridgehead atoms. The Morgan fingerprint density at radius 1 is 1.11 bits per heavy atom. The lowest BCUT2D eigenvalue weighted by Crippen LogP contribution is -3.08. The van der Waals surface area contributed by atoms with E-state index in [0.29, 0.717) is 17.4 Å². The lowest BCUT2D eigenvalue weighted by atomic mass is 9.40. The van der Waals surface area contributed by atoms with Gasteiger partial charge in [-0.1, -0.05) is 34.1 Å². The van der Waals surface area contributed by atoms with Crippen LogP contribution in [-0.2, 0) is 10.1 Å². The number of rotatable bonds is 3. The fourth-order valence-electron chi connectivity index (χ4n) is 7.91. The van der Waals surface area contributed by atoms with E-state index in [4.69, 9.17) is 4.55 Å². The molecule has 28 heavy (non-hydrogen) atoms. The molecule has 0 saturated heterocycles. The van der Waals surface area contributed by atoms with Crippen LogP contribution < -0.4 is 4.90 Å². The zero-order valence-corrected chi connectivity index (χ0v) is 18.9. The Morgan fingerprint density at radius 3 is 2.57 bits per heavy atom. The van der Waals surface area contributed by atoms with Gasteiger partial charge in [-0.25, -0.2) is 0 Å². The Morgan fingerprint density at radius 2 is 1.86 bits per heavy atom. The maximum Gasteiger partial charge on any atom is 0.270 e. The zero-order chi connectivity index (χ0) is 20.4.